The van der Waals surface area contributed by atoms with Crippen LogP contribution in [0.15, 0.2) is 16.9 Å². The highest BCUT2D eigenvalue weighted by Crippen LogP contribution is 2.21. The van der Waals surface area contributed by atoms with Crippen molar-refractivity contribution in [3.05, 3.63) is 27.7 Å². The summed E-state index contributed by atoms with van der Waals surface area (Å²) in [6.07, 6.45) is 1.69. The van der Waals surface area contributed by atoms with E-state index in [-0.39, 0.29) is 0 Å². The number of hydrogen-bond acceptors (Lipinski definition) is 2. The van der Waals surface area contributed by atoms with Crippen molar-refractivity contribution in [3.8, 4) is 0 Å². The number of aromatic nitrogens is 3. The van der Waals surface area contributed by atoms with Crippen LogP contribution in [0.4, 0.5) is 0 Å². The van der Waals surface area contributed by atoms with Crippen LogP contribution in [0.5, 0.6) is 0 Å². The number of hydrogen-bond donors (Lipinski definition) is 0. The largest absolute Gasteiger partial charge is 0.236 e. The molecule has 0 spiro atoms. The van der Waals surface area contributed by atoms with Crippen LogP contribution in [0, 0.1) is 6.92 Å². The zero-order valence-corrected chi connectivity index (χ0v) is 8.59. The molecule has 2 rings (SSSR count). The Kier molecular flexibility index (Phi) is 1.81. The molecule has 0 aromatic carbocycles. The van der Waals surface area contributed by atoms with E-state index in [2.05, 4.69) is 26.0 Å². The first-order valence-electron chi connectivity index (χ1n) is 3.35. The molecule has 2 aromatic rings. The maximum absolute atomic E-state index is 5.88. The summed E-state index contributed by atoms with van der Waals surface area (Å²) in [5, 5.41) is 4.57. The Morgan fingerprint density at radius 1 is 1.58 bits per heavy atom. The van der Waals surface area contributed by atoms with Crippen molar-refractivity contribution >= 4 is 33.0 Å². The summed E-state index contributed by atoms with van der Waals surface area (Å²) in [7, 11) is 0. The molecule has 0 bridgehead atoms. The van der Waals surface area contributed by atoms with Gasteiger partial charge in [0.05, 0.1) is 11.9 Å². The monoisotopic (exact) mass is 245 g/mol. The number of nitrogens with zero attached hydrogens (tertiary/aromatic N) is 3. The topological polar surface area (TPSA) is 30.2 Å². The van der Waals surface area contributed by atoms with Gasteiger partial charge >= 0.3 is 0 Å². The molecule has 3 nitrogen and oxygen atoms in total. The van der Waals surface area contributed by atoms with Crippen molar-refractivity contribution < 1.29 is 0 Å². The molecule has 0 aliphatic carbocycles. The van der Waals surface area contributed by atoms with Crippen molar-refractivity contribution in [3.63, 3.8) is 0 Å². The third-order valence-corrected chi connectivity index (χ3v) is 2.79. The zero-order chi connectivity index (χ0) is 8.72. The molecule has 0 fully saturated rings. The molecular weight excluding hydrogens is 241 g/mol. The van der Waals surface area contributed by atoms with Gasteiger partial charge in [0.1, 0.15) is 10.1 Å². The maximum atomic E-state index is 5.88. The Bertz CT molecular complexity index is 437. The Balaban J connectivity index is 2.97. The summed E-state index contributed by atoms with van der Waals surface area (Å²) in [4.78, 5) is 4.13. The molecule has 0 atom stereocenters. The normalized spacial score (nSPS) is 10.9. The molecule has 2 aromatic heterocycles. The van der Waals surface area contributed by atoms with E-state index in [0.717, 1.165) is 15.8 Å². The van der Waals surface area contributed by atoms with Crippen LogP contribution < -0.4 is 0 Å². The van der Waals surface area contributed by atoms with E-state index in [0.29, 0.717) is 5.15 Å². The molecule has 0 aliphatic heterocycles. The summed E-state index contributed by atoms with van der Waals surface area (Å²) >= 11 is 9.26. The molecule has 0 N–H and O–H groups in total. The van der Waals surface area contributed by atoms with Gasteiger partial charge in [-0.15, -0.1) is 0 Å². The summed E-state index contributed by atoms with van der Waals surface area (Å²) in [5.41, 5.74) is 1.64. The molecule has 0 radical (unpaired) electrons. The van der Waals surface area contributed by atoms with Gasteiger partial charge in [0.2, 0.25) is 0 Å². The molecule has 0 amide bonds. The van der Waals surface area contributed by atoms with Gasteiger partial charge in [-0.25, -0.2) is 9.50 Å². The van der Waals surface area contributed by atoms with Gasteiger partial charge in [0, 0.05) is 0 Å². The van der Waals surface area contributed by atoms with Crippen LogP contribution in [0.3, 0.4) is 0 Å². The predicted molar refractivity (Wildman–Crippen MR) is 50.4 cm³/mol. The van der Waals surface area contributed by atoms with E-state index < -0.39 is 0 Å². The number of fused-ring (bicyclic) bond motifs is 1. The molecule has 0 unspecified atom stereocenters. The van der Waals surface area contributed by atoms with Crippen LogP contribution >= 0.6 is 27.5 Å². The lowest BCUT2D eigenvalue weighted by molar-refractivity contribution is 0.900. The van der Waals surface area contributed by atoms with Gasteiger partial charge < -0.3 is 0 Å². The molecule has 0 aliphatic rings. The molecule has 0 saturated heterocycles. The van der Waals surface area contributed by atoms with Crippen LogP contribution in [0.25, 0.3) is 5.52 Å². The molecule has 62 valence electrons. The molecule has 5 heteroatoms. The fraction of sp³-hybridized carbons (Fsp3) is 0.143. The second kappa shape index (κ2) is 2.71. The predicted octanol–water partition coefficient (Wildman–Crippen LogP) is 2.45. The quantitative estimate of drug-likeness (QED) is 0.715. The Hall–Kier alpha value is -0.610. The first-order chi connectivity index (χ1) is 5.70. The summed E-state index contributed by atoms with van der Waals surface area (Å²) in [5.74, 6) is 0. The number of rotatable bonds is 0. The smallest absolute Gasteiger partial charge is 0.155 e. The lowest BCUT2D eigenvalue weighted by atomic mass is 10.5. The van der Waals surface area contributed by atoms with Crippen LogP contribution in [0.1, 0.15) is 5.69 Å². The second-order valence-corrected chi connectivity index (χ2v) is 3.52. The minimum absolute atomic E-state index is 0.480. The minimum Gasteiger partial charge on any atom is -0.236 e. The van der Waals surface area contributed by atoms with Crippen molar-refractivity contribution in [1.29, 1.82) is 0 Å². The summed E-state index contributed by atoms with van der Waals surface area (Å²) in [6, 6.07) is 1.82. The van der Waals surface area contributed by atoms with E-state index in [1.54, 1.807) is 10.7 Å². The van der Waals surface area contributed by atoms with Gasteiger partial charge in [-0.05, 0) is 28.9 Å². The van der Waals surface area contributed by atoms with Gasteiger partial charge in [0.15, 0.2) is 5.15 Å². The third kappa shape index (κ3) is 1.03. The maximum Gasteiger partial charge on any atom is 0.155 e. The lowest BCUT2D eigenvalue weighted by Crippen LogP contribution is -1.96. The minimum atomic E-state index is 0.480. The highest BCUT2D eigenvalue weighted by molar-refractivity contribution is 9.10. The average Bonchev–Trinajstić information content (AvgIpc) is 2.48. The third-order valence-electron chi connectivity index (χ3n) is 1.60. The van der Waals surface area contributed by atoms with E-state index >= 15 is 0 Å². The van der Waals surface area contributed by atoms with Crippen molar-refractivity contribution in [2.45, 2.75) is 6.92 Å². The van der Waals surface area contributed by atoms with Crippen LogP contribution in [0.2, 0.25) is 5.15 Å². The molecule has 0 saturated carbocycles. The van der Waals surface area contributed by atoms with Gasteiger partial charge in [-0.2, -0.15) is 5.10 Å². The molecule has 2 heterocycles. The number of aryl methyl sites for hydroxylation is 1. The van der Waals surface area contributed by atoms with E-state index in [1.807, 2.05) is 13.0 Å². The lowest BCUT2D eigenvalue weighted by Gasteiger charge is -2.01. The van der Waals surface area contributed by atoms with E-state index in [1.165, 1.54) is 0 Å². The van der Waals surface area contributed by atoms with E-state index in [9.17, 15) is 0 Å². The highest BCUT2D eigenvalue weighted by Gasteiger charge is 2.07. The fourth-order valence-corrected chi connectivity index (χ4v) is 1.66. The van der Waals surface area contributed by atoms with E-state index in [4.69, 9.17) is 11.6 Å². The summed E-state index contributed by atoms with van der Waals surface area (Å²) < 4.78 is 2.55. The first kappa shape index (κ1) is 8.01. The van der Waals surface area contributed by atoms with Crippen LogP contribution in [-0.4, -0.2) is 14.6 Å². The molecule has 12 heavy (non-hydrogen) atoms. The second-order valence-electron chi connectivity index (χ2n) is 2.41. The van der Waals surface area contributed by atoms with Crippen LogP contribution in [-0.2, 0) is 0 Å². The zero-order valence-electron chi connectivity index (χ0n) is 6.25. The Morgan fingerprint density at radius 2 is 2.33 bits per heavy atom. The Morgan fingerprint density at radius 3 is 3.08 bits per heavy atom. The Labute approximate surface area is 82.5 Å². The van der Waals surface area contributed by atoms with Crippen molar-refractivity contribution in [2.24, 2.45) is 0 Å². The van der Waals surface area contributed by atoms with Gasteiger partial charge in [0.25, 0.3) is 0 Å². The average molecular weight is 246 g/mol. The fourth-order valence-electron chi connectivity index (χ4n) is 1.02. The SMILES string of the molecule is Cc1nc(Cl)c2ccnn2c1Br. The summed E-state index contributed by atoms with van der Waals surface area (Å²) in [6.45, 7) is 1.87. The number of halogens is 2. The first-order valence-corrected chi connectivity index (χ1v) is 4.52. The van der Waals surface area contributed by atoms with Crippen molar-refractivity contribution in [1.82, 2.24) is 14.6 Å². The van der Waals surface area contributed by atoms with Crippen molar-refractivity contribution in [2.75, 3.05) is 0 Å². The highest BCUT2D eigenvalue weighted by atomic mass is 79.9. The van der Waals surface area contributed by atoms with Gasteiger partial charge in [-0.3, -0.25) is 0 Å². The molecular formula is C7H5BrClN3. The standard InChI is InChI=1S/C7H5BrClN3/c1-4-6(8)12-5(2-3-10-12)7(9)11-4/h2-3H,1H3. The van der Waals surface area contributed by atoms with Gasteiger partial charge in [-0.1, -0.05) is 11.6 Å².